The molecule has 0 aliphatic carbocycles. The number of esters is 1. The summed E-state index contributed by atoms with van der Waals surface area (Å²) in [5.41, 5.74) is 0.310. The second-order valence-corrected chi connectivity index (χ2v) is 4.61. The minimum absolute atomic E-state index is 0.0721. The van der Waals surface area contributed by atoms with Crippen molar-refractivity contribution in [3.8, 4) is 0 Å². The summed E-state index contributed by atoms with van der Waals surface area (Å²) in [5.74, 6) is -1.60. The Hall–Kier alpha value is -1.77. The second-order valence-electron chi connectivity index (χ2n) is 3.42. The maximum atomic E-state index is 11.0. The molecule has 1 rings (SSSR count). The Morgan fingerprint density at radius 1 is 1.26 bits per heavy atom. The van der Waals surface area contributed by atoms with Gasteiger partial charge in [0.25, 0.3) is 0 Å². The van der Waals surface area contributed by atoms with Crippen LogP contribution in [0.5, 0.6) is 0 Å². The molecule has 0 spiro atoms. The fourth-order valence-corrected chi connectivity index (χ4v) is 0.897. The van der Waals surface area contributed by atoms with Gasteiger partial charge in [-0.1, -0.05) is 6.07 Å². The molecule has 0 aliphatic rings. The molecular formula is C11H15NO6S. The summed E-state index contributed by atoms with van der Waals surface area (Å²) in [6, 6.07) is 5.68. The summed E-state index contributed by atoms with van der Waals surface area (Å²) < 4.78 is 23.4. The van der Waals surface area contributed by atoms with Crippen molar-refractivity contribution in [2.75, 3.05) is 21.2 Å². The average Bonchev–Trinajstić information content (AvgIpc) is 2.38. The second kappa shape index (κ2) is 8.35. The zero-order chi connectivity index (χ0) is 15.0. The van der Waals surface area contributed by atoms with Gasteiger partial charge in [0, 0.05) is 14.1 Å². The molecule has 0 aromatic heterocycles. The van der Waals surface area contributed by atoms with Gasteiger partial charge in [-0.2, -0.15) is 0 Å². The summed E-state index contributed by atoms with van der Waals surface area (Å²) >= 11 is -1.78. The van der Waals surface area contributed by atoms with Crippen LogP contribution in [0.15, 0.2) is 24.3 Å². The lowest BCUT2D eigenvalue weighted by molar-refractivity contribution is 0.0600. The van der Waals surface area contributed by atoms with Crippen molar-refractivity contribution in [3.05, 3.63) is 35.4 Å². The van der Waals surface area contributed by atoms with E-state index < -0.39 is 23.2 Å². The molecule has 0 bridgehead atoms. The Labute approximate surface area is 113 Å². The van der Waals surface area contributed by atoms with Crippen molar-refractivity contribution < 1.29 is 28.2 Å². The predicted octanol–water partition coefficient (Wildman–Crippen LogP) is 0.856. The Morgan fingerprint density at radius 2 is 1.74 bits per heavy atom. The number of nitrogens with zero attached hydrogens (tertiary/aromatic N) is 1. The van der Waals surface area contributed by atoms with Gasteiger partial charge in [-0.25, -0.2) is 18.1 Å². The van der Waals surface area contributed by atoms with E-state index in [0.717, 1.165) is 0 Å². The zero-order valence-electron chi connectivity index (χ0n) is 10.7. The first-order chi connectivity index (χ1) is 8.79. The van der Waals surface area contributed by atoms with E-state index in [1.165, 1.54) is 49.8 Å². The molecule has 1 unspecified atom stereocenters. The number of carboxylic acid groups (broad SMARTS) is 1. The summed E-state index contributed by atoms with van der Waals surface area (Å²) in [5, 5.41) is 8.61. The van der Waals surface area contributed by atoms with Crippen molar-refractivity contribution in [1.82, 2.24) is 4.31 Å². The van der Waals surface area contributed by atoms with Crippen LogP contribution in [0.2, 0.25) is 0 Å². The molecule has 19 heavy (non-hydrogen) atoms. The Balaban J connectivity index is 0.000000459. The lowest BCUT2D eigenvalue weighted by Gasteiger charge is -1.99. The molecule has 0 fully saturated rings. The summed E-state index contributed by atoms with van der Waals surface area (Å²) in [4.78, 5) is 21.5. The standard InChI is InChI=1S/C9H8O4.C2H7NO2S/c1-13-9(12)7-4-2-3-6(5-7)8(10)11;1-3(2)6(4)5/h2-5H,1H3,(H,10,11);1-2H3,(H,4,5). The molecule has 1 aromatic rings. The first-order valence-corrected chi connectivity index (χ1v) is 6.06. The van der Waals surface area contributed by atoms with Crippen LogP contribution in [0.4, 0.5) is 0 Å². The lowest BCUT2D eigenvalue weighted by Crippen LogP contribution is -2.13. The third-order valence-electron chi connectivity index (χ3n) is 1.84. The largest absolute Gasteiger partial charge is 0.478 e. The van der Waals surface area contributed by atoms with Crippen molar-refractivity contribution in [2.45, 2.75) is 0 Å². The average molecular weight is 289 g/mol. The molecule has 0 aliphatic heterocycles. The van der Waals surface area contributed by atoms with Gasteiger partial charge in [-0.05, 0) is 18.2 Å². The minimum Gasteiger partial charge on any atom is -0.478 e. The van der Waals surface area contributed by atoms with Gasteiger partial charge in [0.15, 0.2) is 0 Å². The van der Waals surface area contributed by atoms with Gasteiger partial charge in [-0.15, -0.1) is 0 Å². The maximum absolute atomic E-state index is 11.0. The van der Waals surface area contributed by atoms with Crippen LogP contribution in [0, 0.1) is 0 Å². The molecule has 0 amide bonds. The van der Waals surface area contributed by atoms with Crippen molar-refractivity contribution >= 4 is 23.2 Å². The number of methoxy groups -OCH3 is 1. The van der Waals surface area contributed by atoms with Crippen molar-refractivity contribution in [3.63, 3.8) is 0 Å². The molecular weight excluding hydrogens is 274 g/mol. The molecule has 0 heterocycles. The van der Waals surface area contributed by atoms with E-state index in [-0.39, 0.29) is 11.1 Å². The Morgan fingerprint density at radius 3 is 2.11 bits per heavy atom. The Kier molecular flexibility index (Phi) is 7.57. The van der Waals surface area contributed by atoms with Gasteiger partial charge in [-0.3, -0.25) is 4.55 Å². The van der Waals surface area contributed by atoms with Gasteiger partial charge < -0.3 is 9.84 Å². The highest BCUT2D eigenvalue weighted by Gasteiger charge is 2.08. The third kappa shape index (κ3) is 6.65. The first-order valence-electron chi connectivity index (χ1n) is 4.99. The number of carboxylic acids is 1. The van der Waals surface area contributed by atoms with Crippen LogP contribution in [-0.4, -0.2) is 51.3 Å². The molecule has 1 aromatic carbocycles. The van der Waals surface area contributed by atoms with Gasteiger partial charge >= 0.3 is 11.9 Å². The highest BCUT2D eigenvalue weighted by Crippen LogP contribution is 2.06. The summed E-state index contributed by atoms with van der Waals surface area (Å²) in [7, 11) is 4.29. The lowest BCUT2D eigenvalue weighted by atomic mass is 10.1. The normalized spacial score (nSPS) is 11.2. The molecule has 2 N–H and O–H groups in total. The first kappa shape index (κ1) is 17.2. The van der Waals surface area contributed by atoms with Crippen molar-refractivity contribution in [1.29, 1.82) is 0 Å². The number of aromatic carboxylic acids is 1. The monoisotopic (exact) mass is 289 g/mol. The molecule has 1 atom stereocenters. The summed E-state index contributed by atoms with van der Waals surface area (Å²) in [6.45, 7) is 0. The van der Waals surface area contributed by atoms with E-state index in [4.69, 9.17) is 9.66 Å². The van der Waals surface area contributed by atoms with Crippen LogP contribution < -0.4 is 0 Å². The number of hydrogen-bond acceptors (Lipinski definition) is 4. The number of hydrogen-bond donors (Lipinski definition) is 2. The maximum Gasteiger partial charge on any atom is 0.337 e. The van der Waals surface area contributed by atoms with Crippen LogP contribution in [0.3, 0.4) is 0 Å². The number of benzene rings is 1. The van der Waals surface area contributed by atoms with Crippen LogP contribution >= 0.6 is 0 Å². The smallest absolute Gasteiger partial charge is 0.337 e. The molecule has 0 saturated carbocycles. The number of rotatable bonds is 3. The highest BCUT2D eigenvalue weighted by atomic mass is 32.2. The molecule has 0 radical (unpaired) electrons. The van der Waals surface area contributed by atoms with Gasteiger partial charge in [0.1, 0.15) is 0 Å². The van der Waals surface area contributed by atoms with E-state index in [2.05, 4.69) is 4.74 Å². The van der Waals surface area contributed by atoms with E-state index in [1.54, 1.807) is 0 Å². The molecule has 106 valence electrons. The number of ether oxygens (including phenoxy) is 1. The SMILES string of the molecule is CN(C)S(=O)O.COC(=O)c1cccc(C(=O)O)c1. The minimum atomic E-state index is -1.78. The van der Waals surface area contributed by atoms with E-state index in [0.29, 0.717) is 0 Å². The number of carbonyl (C=O) groups excluding carboxylic acids is 1. The van der Waals surface area contributed by atoms with Gasteiger partial charge in [0.2, 0.25) is 11.3 Å². The topological polar surface area (TPSA) is 104 Å². The summed E-state index contributed by atoms with van der Waals surface area (Å²) in [6.07, 6.45) is 0. The zero-order valence-corrected chi connectivity index (χ0v) is 11.5. The van der Waals surface area contributed by atoms with Crippen LogP contribution in [0.1, 0.15) is 20.7 Å². The van der Waals surface area contributed by atoms with E-state index in [9.17, 15) is 13.8 Å². The highest BCUT2D eigenvalue weighted by molar-refractivity contribution is 7.76. The number of carbonyl (C=O) groups is 2. The fraction of sp³-hybridized carbons (Fsp3) is 0.273. The van der Waals surface area contributed by atoms with E-state index >= 15 is 0 Å². The fourth-order valence-electron chi connectivity index (χ4n) is 0.897. The molecule has 8 heteroatoms. The molecule has 7 nitrogen and oxygen atoms in total. The van der Waals surface area contributed by atoms with E-state index in [1.807, 2.05) is 0 Å². The van der Waals surface area contributed by atoms with Crippen LogP contribution in [0.25, 0.3) is 0 Å². The predicted molar refractivity (Wildman–Crippen MR) is 69.2 cm³/mol. The van der Waals surface area contributed by atoms with Crippen LogP contribution in [-0.2, 0) is 16.0 Å². The Bertz CT molecular complexity index is 474. The van der Waals surface area contributed by atoms with Crippen molar-refractivity contribution in [2.24, 2.45) is 0 Å². The third-order valence-corrected chi connectivity index (χ3v) is 2.47. The quantitative estimate of drug-likeness (QED) is 0.631. The molecule has 0 saturated heterocycles. The van der Waals surface area contributed by atoms with Gasteiger partial charge in [0.05, 0.1) is 18.2 Å².